The summed E-state index contributed by atoms with van der Waals surface area (Å²) in [4.78, 5) is 28.3. The zero-order valence-corrected chi connectivity index (χ0v) is 17.2. The van der Waals surface area contributed by atoms with E-state index < -0.39 is 10.0 Å². The van der Waals surface area contributed by atoms with Gasteiger partial charge in [-0.05, 0) is 35.9 Å². The van der Waals surface area contributed by atoms with Gasteiger partial charge in [-0.25, -0.2) is 18.5 Å². The van der Waals surface area contributed by atoms with Crippen LogP contribution in [0.25, 0.3) is 6.08 Å². The van der Waals surface area contributed by atoms with Gasteiger partial charge in [-0.15, -0.1) is 11.3 Å². The lowest BCUT2D eigenvalue weighted by Crippen LogP contribution is -2.15. The Morgan fingerprint density at radius 2 is 1.73 bits per heavy atom. The molecule has 0 aliphatic heterocycles. The van der Waals surface area contributed by atoms with Crippen LogP contribution >= 0.6 is 11.3 Å². The van der Waals surface area contributed by atoms with E-state index in [4.69, 9.17) is 5.14 Å². The molecular formula is C20H18N4O4S2. The van der Waals surface area contributed by atoms with Gasteiger partial charge in [0.2, 0.25) is 21.8 Å². The first-order valence-electron chi connectivity index (χ1n) is 8.71. The quantitative estimate of drug-likeness (QED) is 0.484. The molecule has 1 heterocycles. The van der Waals surface area contributed by atoms with Crippen LogP contribution in [0.2, 0.25) is 0 Å². The number of hydrogen-bond donors (Lipinski definition) is 3. The van der Waals surface area contributed by atoms with E-state index in [0.29, 0.717) is 16.5 Å². The third-order valence-electron chi connectivity index (χ3n) is 3.82. The van der Waals surface area contributed by atoms with Crippen molar-refractivity contribution < 1.29 is 18.0 Å². The highest BCUT2D eigenvalue weighted by Crippen LogP contribution is 2.17. The van der Waals surface area contributed by atoms with Gasteiger partial charge in [0, 0.05) is 17.1 Å². The van der Waals surface area contributed by atoms with E-state index in [9.17, 15) is 18.0 Å². The monoisotopic (exact) mass is 442 g/mol. The SMILES string of the molecule is NS(=O)(=O)c1ccc(NC(=O)Cc2csc(NC(=O)C=Cc3ccccc3)n2)cc1. The Bertz CT molecular complexity index is 1170. The zero-order valence-electron chi connectivity index (χ0n) is 15.6. The number of sulfonamides is 1. The summed E-state index contributed by atoms with van der Waals surface area (Å²) in [6.45, 7) is 0. The normalized spacial score (nSPS) is 11.4. The van der Waals surface area contributed by atoms with Gasteiger partial charge in [0.15, 0.2) is 5.13 Å². The molecule has 0 fully saturated rings. The molecule has 30 heavy (non-hydrogen) atoms. The predicted octanol–water partition coefficient (Wildman–Crippen LogP) is 2.62. The summed E-state index contributed by atoms with van der Waals surface area (Å²) in [5.41, 5.74) is 1.84. The second-order valence-electron chi connectivity index (χ2n) is 6.17. The summed E-state index contributed by atoms with van der Waals surface area (Å²) in [7, 11) is -3.78. The Labute approximate surface area is 177 Å². The first-order valence-corrected chi connectivity index (χ1v) is 11.1. The molecule has 3 aromatic rings. The number of benzene rings is 2. The lowest BCUT2D eigenvalue weighted by Gasteiger charge is -2.05. The number of aromatic nitrogens is 1. The minimum absolute atomic E-state index is 0.00314. The predicted molar refractivity (Wildman–Crippen MR) is 116 cm³/mol. The third kappa shape index (κ3) is 6.34. The minimum atomic E-state index is -3.78. The first-order chi connectivity index (χ1) is 14.3. The van der Waals surface area contributed by atoms with E-state index in [1.807, 2.05) is 30.3 Å². The number of carbonyl (C=O) groups is 2. The zero-order chi connectivity index (χ0) is 21.6. The highest BCUT2D eigenvalue weighted by molar-refractivity contribution is 7.89. The van der Waals surface area contributed by atoms with Crippen LogP contribution in [0.1, 0.15) is 11.3 Å². The number of nitrogens with zero attached hydrogens (tertiary/aromatic N) is 1. The van der Waals surface area contributed by atoms with Gasteiger partial charge < -0.3 is 5.32 Å². The summed E-state index contributed by atoms with van der Waals surface area (Å²) in [6, 6.07) is 14.9. The molecular weight excluding hydrogens is 424 g/mol. The smallest absolute Gasteiger partial charge is 0.250 e. The van der Waals surface area contributed by atoms with Crippen LogP contribution in [0.4, 0.5) is 10.8 Å². The van der Waals surface area contributed by atoms with Gasteiger partial charge in [-0.1, -0.05) is 30.3 Å². The van der Waals surface area contributed by atoms with Crippen LogP contribution in [-0.4, -0.2) is 25.2 Å². The van der Waals surface area contributed by atoms with Crippen LogP contribution in [-0.2, 0) is 26.0 Å². The molecule has 0 spiro atoms. The molecule has 0 saturated heterocycles. The lowest BCUT2D eigenvalue weighted by atomic mass is 10.2. The first kappa shape index (κ1) is 21.4. The van der Waals surface area contributed by atoms with E-state index in [-0.39, 0.29) is 23.1 Å². The van der Waals surface area contributed by atoms with E-state index >= 15 is 0 Å². The summed E-state index contributed by atoms with van der Waals surface area (Å²) in [5, 5.41) is 12.4. The topological polar surface area (TPSA) is 131 Å². The number of carbonyl (C=O) groups excluding carboxylic acids is 2. The highest BCUT2D eigenvalue weighted by Gasteiger charge is 2.11. The van der Waals surface area contributed by atoms with Crippen LogP contribution in [0.15, 0.2) is 70.9 Å². The summed E-state index contributed by atoms with van der Waals surface area (Å²) >= 11 is 1.21. The number of rotatable bonds is 7. The van der Waals surface area contributed by atoms with Crippen LogP contribution in [0, 0.1) is 0 Å². The molecule has 0 unspecified atom stereocenters. The molecule has 0 bridgehead atoms. The molecule has 10 heteroatoms. The lowest BCUT2D eigenvalue weighted by molar-refractivity contribution is -0.115. The number of thiazole rings is 1. The fourth-order valence-corrected chi connectivity index (χ4v) is 3.65. The second kappa shape index (κ2) is 9.44. The van der Waals surface area contributed by atoms with Gasteiger partial charge in [-0.2, -0.15) is 0 Å². The molecule has 2 amide bonds. The summed E-state index contributed by atoms with van der Waals surface area (Å²) in [6.07, 6.45) is 3.11. The average molecular weight is 443 g/mol. The molecule has 0 saturated carbocycles. The summed E-state index contributed by atoms with van der Waals surface area (Å²) < 4.78 is 22.5. The molecule has 0 aliphatic carbocycles. The number of hydrogen-bond acceptors (Lipinski definition) is 6. The maximum absolute atomic E-state index is 12.2. The largest absolute Gasteiger partial charge is 0.326 e. The van der Waals surface area contributed by atoms with Crippen LogP contribution < -0.4 is 15.8 Å². The maximum Gasteiger partial charge on any atom is 0.250 e. The van der Waals surface area contributed by atoms with Gasteiger partial charge in [0.05, 0.1) is 17.0 Å². The van der Waals surface area contributed by atoms with Crippen molar-refractivity contribution in [3.8, 4) is 0 Å². The molecule has 0 atom stereocenters. The van der Waals surface area contributed by atoms with Crippen molar-refractivity contribution in [1.82, 2.24) is 4.98 Å². The van der Waals surface area contributed by atoms with Crippen molar-refractivity contribution >= 4 is 50.1 Å². The minimum Gasteiger partial charge on any atom is -0.326 e. The molecule has 0 radical (unpaired) electrons. The van der Waals surface area contributed by atoms with E-state index in [0.717, 1.165) is 5.56 Å². The van der Waals surface area contributed by atoms with Crippen molar-refractivity contribution in [2.24, 2.45) is 5.14 Å². The van der Waals surface area contributed by atoms with Crippen LogP contribution in [0.5, 0.6) is 0 Å². The summed E-state index contributed by atoms with van der Waals surface area (Å²) in [5.74, 6) is -0.648. The van der Waals surface area contributed by atoms with E-state index in [2.05, 4.69) is 15.6 Å². The highest BCUT2D eigenvalue weighted by atomic mass is 32.2. The fraction of sp³-hybridized carbons (Fsp3) is 0.0500. The number of nitrogens with two attached hydrogens (primary N) is 1. The molecule has 3 rings (SSSR count). The standard InChI is InChI=1S/C20H18N4O4S2/c21-30(27,28)17-9-7-15(8-10-17)22-19(26)12-16-13-29-20(23-16)24-18(25)11-6-14-4-2-1-3-5-14/h1-11,13H,12H2,(H,22,26)(H2,21,27,28)(H,23,24,25). The van der Waals surface area contributed by atoms with Crippen LogP contribution in [0.3, 0.4) is 0 Å². The Kier molecular flexibility index (Phi) is 6.72. The Morgan fingerprint density at radius 3 is 2.40 bits per heavy atom. The number of anilines is 2. The van der Waals surface area contributed by atoms with E-state index in [1.54, 1.807) is 11.5 Å². The molecule has 1 aromatic heterocycles. The van der Waals surface area contributed by atoms with Crippen molar-refractivity contribution in [2.75, 3.05) is 10.6 Å². The van der Waals surface area contributed by atoms with Gasteiger partial charge in [-0.3, -0.25) is 14.9 Å². The molecule has 4 N–H and O–H groups in total. The molecule has 154 valence electrons. The third-order valence-corrected chi connectivity index (χ3v) is 5.55. The fourth-order valence-electron chi connectivity index (χ4n) is 2.43. The van der Waals surface area contributed by atoms with Gasteiger partial charge in [0.1, 0.15) is 0 Å². The number of amides is 2. The van der Waals surface area contributed by atoms with Crippen molar-refractivity contribution in [1.29, 1.82) is 0 Å². The van der Waals surface area contributed by atoms with Crippen molar-refractivity contribution in [3.05, 3.63) is 77.3 Å². The van der Waals surface area contributed by atoms with Crippen molar-refractivity contribution in [3.63, 3.8) is 0 Å². The van der Waals surface area contributed by atoms with Gasteiger partial charge in [0.25, 0.3) is 0 Å². The van der Waals surface area contributed by atoms with Gasteiger partial charge >= 0.3 is 0 Å². The number of primary sulfonamides is 1. The van der Waals surface area contributed by atoms with Crippen molar-refractivity contribution in [2.45, 2.75) is 11.3 Å². The Hall–Kier alpha value is -3.34. The Morgan fingerprint density at radius 1 is 1.03 bits per heavy atom. The molecule has 8 nitrogen and oxygen atoms in total. The van der Waals surface area contributed by atoms with E-state index in [1.165, 1.54) is 41.7 Å². The molecule has 0 aliphatic rings. The second-order valence-corrected chi connectivity index (χ2v) is 8.59. The number of nitrogens with one attached hydrogen (secondary N) is 2. The maximum atomic E-state index is 12.2. The molecule has 2 aromatic carbocycles. The Balaban J connectivity index is 1.52. The average Bonchev–Trinajstić information content (AvgIpc) is 3.13.